The summed E-state index contributed by atoms with van der Waals surface area (Å²) >= 11 is 1.35. The zero-order valence-corrected chi connectivity index (χ0v) is 19.5. The van der Waals surface area contributed by atoms with Gasteiger partial charge in [-0.25, -0.2) is 4.98 Å². The number of rotatable bonds is 10. The van der Waals surface area contributed by atoms with Crippen molar-refractivity contribution in [3.8, 4) is 16.9 Å². The van der Waals surface area contributed by atoms with Crippen LogP contribution in [0.4, 0.5) is 0 Å². The summed E-state index contributed by atoms with van der Waals surface area (Å²) in [5, 5.41) is 16.8. The van der Waals surface area contributed by atoms with Gasteiger partial charge in [0, 0.05) is 31.4 Å². The number of thiazole rings is 1. The summed E-state index contributed by atoms with van der Waals surface area (Å²) in [6.07, 6.45) is 3.59. The number of nitrogens with one attached hydrogen (secondary N) is 1. The number of amides is 1. The number of hydrogen-bond acceptors (Lipinski definition) is 7. The van der Waals surface area contributed by atoms with Gasteiger partial charge in [-0.05, 0) is 49.5 Å². The molecule has 0 atom stereocenters. The Hall–Kier alpha value is -3.27. The van der Waals surface area contributed by atoms with Crippen LogP contribution in [0.3, 0.4) is 0 Å². The van der Waals surface area contributed by atoms with Gasteiger partial charge in [0.25, 0.3) is 5.91 Å². The highest BCUT2D eigenvalue weighted by Gasteiger charge is 2.20. The smallest absolute Gasteiger partial charge is 0.283 e. The van der Waals surface area contributed by atoms with E-state index in [0.29, 0.717) is 18.2 Å². The molecule has 2 N–H and O–H groups in total. The van der Waals surface area contributed by atoms with Gasteiger partial charge < -0.3 is 19.6 Å². The minimum absolute atomic E-state index is 0.125. The number of carbonyl (C=O) groups is 1. The van der Waals surface area contributed by atoms with Crippen LogP contribution < -0.4 is 4.74 Å². The third kappa shape index (κ3) is 5.75. The lowest BCUT2D eigenvalue weighted by Crippen LogP contribution is -2.33. The van der Waals surface area contributed by atoms with Crippen molar-refractivity contribution in [3.05, 3.63) is 65.4 Å². The maximum Gasteiger partial charge on any atom is 0.283 e. The molecule has 172 valence electrons. The molecule has 0 saturated carbocycles. The second kappa shape index (κ2) is 10.6. The maximum absolute atomic E-state index is 13.3. The van der Waals surface area contributed by atoms with Crippen molar-refractivity contribution >= 4 is 27.5 Å². The van der Waals surface area contributed by atoms with Gasteiger partial charge in [0.1, 0.15) is 12.4 Å². The van der Waals surface area contributed by atoms with Crippen LogP contribution in [0.2, 0.25) is 0 Å². The lowest BCUT2D eigenvalue weighted by atomic mass is 10.1. The molecule has 0 bridgehead atoms. The van der Waals surface area contributed by atoms with E-state index in [-0.39, 0.29) is 19.1 Å². The van der Waals surface area contributed by atoms with Crippen LogP contribution in [-0.4, -0.2) is 76.4 Å². The number of H-pyrrole nitrogens is 1. The Labute approximate surface area is 196 Å². The third-order valence-electron chi connectivity index (χ3n) is 5.14. The van der Waals surface area contributed by atoms with Crippen molar-refractivity contribution in [3.63, 3.8) is 0 Å². The average Bonchev–Trinajstić information content (AvgIpc) is 3.48. The molecular weight excluding hydrogens is 438 g/mol. The van der Waals surface area contributed by atoms with E-state index in [1.165, 1.54) is 11.3 Å². The lowest BCUT2D eigenvalue weighted by Gasteiger charge is -2.21. The van der Waals surface area contributed by atoms with Crippen molar-refractivity contribution in [2.24, 2.45) is 0 Å². The fourth-order valence-corrected chi connectivity index (χ4v) is 4.39. The summed E-state index contributed by atoms with van der Waals surface area (Å²) in [4.78, 5) is 21.5. The fourth-order valence-electron chi connectivity index (χ4n) is 3.41. The summed E-state index contributed by atoms with van der Waals surface area (Å²) < 4.78 is 6.74. The summed E-state index contributed by atoms with van der Waals surface area (Å²) in [7, 11) is 4.00. The zero-order valence-electron chi connectivity index (χ0n) is 18.7. The number of ether oxygens (including phenoxy) is 1. The number of likely N-dealkylation sites (N-methyl/N-ethyl adjacent to an activating group) is 1. The molecule has 0 unspecified atom stereocenters. The molecule has 4 rings (SSSR count). The number of aromatic amines is 1. The molecule has 0 aliphatic rings. The Bertz CT molecular complexity index is 1210. The van der Waals surface area contributed by atoms with Gasteiger partial charge in [-0.3, -0.25) is 9.89 Å². The minimum atomic E-state index is -0.200. The van der Waals surface area contributed by atoms with Crippen molar-refractivity contribution in [2.45, 2.75) is 6.54 Å². The molecule has 0 aliphatic carbocycles. The van der Waals surface area contributed by atoms with Gasteiger partial charge in [0.2, 0.25) is 0 Å². The summed E-state index contributed by atoms with van der Waals surface area (Å²) in [6, 6.07) is 13.6. The molecular formula is C24H27N5O3S. The van der Waals surface area contributed by atoms with Crippen LogP contribution in [0.1, 0.15) is 15.4 Å². The second-order valence-corrected chi connectivity index (χ2v) is 8.97. The first-order chi connectivity index (χ1) is 16.0. The second-order valence-electron chi connectivity index (χ2n) is 7.94. The molecule has 0 saturated heterocycles. The van der Waals surface area contributed by atoms with Gasteiger partial charge in [-0.1, -0.05) is 18.2 Å². The van der Waals surface area contributed by atoms with Crippen LogP contribution in [0.5, 0.6) is 5.75 Å². The molecule has 0 aliphatic heterocycles. The summed E-state index contributed by atoms with van der Waals surface area (Å²) in [5.41, 5.74) is 3.70. The Kier molecular flexibility index (Phi) is 7.33. The third-order valence-corrected chi connectivity index (χ3v) is 6.15. The first-order valence-corrected chi connectivity index (χ1v) is 11.5. The minimum Gasteiger partial charge on any atom is -0.492 e. The quantitative estimate of drug-likeness (QED) is 0.373. The molecule has 2 aromatic carbocycles. The predicted octanol–water partition coefficient (Wildman–Crippen LogP) is 3.26. The topological polar surface area (TPSA) is 94.6 Å². The van der Waals surface area contributed by atoms with Crippen LogP contribution >= 0.6 is 11.3 Å². The number of nitrogens with zero attached hydrogens (tertiary/aromatic N) is 4. The molecule has 0 spiro atoms. The van der Waals surface area contributed by atoms with E-state index in [2.05, 4.69) is 20.1 Å². The van der Waals surface area contributed by atoms with E-state index in [1.807, 2.05) is 62.8 Å². The van der Waals surface area contributed by atoms with Crippen molar-refractivity contribution in [2.75, 3.05) is 40.4 Å². The van der Waals surface area contributed by atoms with Gasteiger partial charge in [-0.15, -0.1) is 11.3 Å². The normalized spacial score (nSPS) is 11.3. The molecule has 1 amide bonds. The first kappa shape index (κ1) is 22.9. The van der Waals surface area contributed by atoms with Crippen LogP contribution in [0, 0.1) is 0 Å². The van der Waals surface area contributed by atoms with Crippen molar-refractivity contribution in [1.82, 2.24) is 25.0 Å². The number of aromatic nitrogens is 3. The van der Waals surface area contributed by atoms with E-state index < -0.39 is 0 Å². The Morgan fingerprint density at radius 1 is 1.15 bits per heavy atom. The molecule has 33 heavy (non-hydrogen) atoms. The van der Waals surface area contributed by atoms with E-state index in [0.717, 1.165) is 39.2 Å². The average molecular weight is 466 g/mol. The Morgan fingerprint density at radius 3 is 2.79 bits per heavy atom. The van der Waals surface area contributed by atoms with Crippen LogP contribution in [0.15, 0.2) is 54.9 Å². The van der Waals surface area contributed by atoms with Crippen LogP contribution in [0.25, 0.3) is 21.3 Å². The Balaban J connectivity index is 1.51. The highest BCUT2D eigenvalue weighted by molar-refractivity contribution is 7.20. The van der Waals surface area contributed by atoms with Gasteiger partial charge >= 0.3 is 0 Å². The zero-order chi connectivity index (χ0) is 23.2. The number of carbonyl (C=O) groups excluding carboxylic acids is 1. The number of benzene rings is 2. The Morgan fingerprint density at radius 2 is 2.03 bits per heavy atom. The summed E-state index contributed by atoms with van der Waals surface area (Å²) in [6.45, 7) is 1.86. The van der Waals surface area contributed by atoms with E-state index in [4.69, 9.17) is 4.74 Å². The van der Waals surface area contributed by atoms with Gasteiger partial charge in [0.15, 0.2) is 5.01 Å². The monoisotopic (exact) mass is 465 g/mol. The van der Waals surface area contributed by atoms with Gasteiger partial charge in [-0.2, -0.15) is 5.10 Å². The molecule has 4 aromatic rings. The molecule has 0 radical (unpaired) electrons. The number of hydrogen-bond donors (Lipinski definition) is 2. The van der Waals surface area contributed by atoms with Crippen molar-refractivity contribution in [1.29, 1.82) is 0 Å². The molecule has 0 fully saturated rings. The van der Waals surface area contributed by atoms with E-state index >= 15 is 0 Å². The highest BCUT2D eigenvalue weighted by atomic mass is 32.1. The largest absolute Gasteiger partial charge is 0.492 e. The standard InChI is InChI=1S/C24H27N5O3S/c1-28(2)9-11-32-20-5-3-4-17(12-20)16-29(8-10-30)24(31)23-27-21-7-6-18(13-22(21)33-23)19-14-25-26-15-19/h3-7,12-15,30H,8-11,16H2,1-2H3,(H,25,26). The van der Waals surface area contributed by atoms with Gasteiger partial charge in [0.05, 0.1) is 23.0 Å². The number of aliphatic hydroxyl groups is 1. The SMILES string of the molecule is CN(C)CCOc1cccc(CN(CCO)C(=O)c2nc3ccc(-c4cn[nH]c4)cc3s2)c1. The van der Waals surface area contributed by atoms with E-state index in [9.17, 15) is 9.90 Å². The first-order valence-electron chi connectivity index (χ1n) is 10.7. The molecule has 8 nitrogen and oxygen atoms in total. The summed E-state index contributed by atoms with van der Waals surface area (Å²) in [5.74, 6) is 0.562. The predicted molar refractivity (Wildman–Crippen MR) is 130 cm³/mol. The molecule has 2 aromatic heterocycles. The fraction of sp³-hybridized carbons (Fsp3) is 0.292. The highest BCUT2D eigenvalue weighted by Crippen LogP contribution is 2.29. The molecule has 2 heterocycles. The van der Waals surface area contributed by atoms with Crippen LogP contribution in [-0.2, 0) is 6.54 Å². The number of aliphatic hydroxyl groups excluding tert-OH is 1. The number of fused-ring (bicyclic) bond motifs is 1. The maximum atomic E-state index is 13.3. The van der Waals surface area contributed by atoms with E-state index in [1.54, 1.807) is 11.1 Å². The lowest BCUT2D eigenvalue weighted by molar-refractivity contribution is 0.0707. The van der Waals surface area contributed by atoms with Crippen molar-refractivity contribution < 1.29 is 14.6 Å². The molecule has 9 heteroatoms.